The van der Waals surface area contributed by atoms with Crippen LogP contribution in [0.2, 0.25) is 0 Å². The number of nitrogens with zero attached hydrogens (tertiary/aromatic N) is 2. The number of amides is 1. The summed E-state index contributed by atoms with van der Waals surface area (Å²) in [5.41, 5.74) is 10.8. The molecular formula is C27H26N4O4S. The Balaban J connectivity index is 1.79. The average Bonchev–Trinajstić information content (AvgIpc) is 2.81. The van der Waals surface area contributed by atoms with E-state index in [1.54, 1.807) is 6.07 Å². The Morgan fingerprint density at radius 2 is 1.56 bits per heavy atom. The first kappa shape index (κ1) is 24.9. The van der Waals surface area contributed by atoms with Gasteiger partial charge in [-0.1, -0.05) is 48.0 Å². The Labute approximate surface area is 210 Å². The third kappa shape index (κ3) is 5.21. The quantitative estimate of drug-likeness (QED) is 0.385. The molecule has 184 valence electrons. The fraction of sp³-hybridized carbons (Fsp3) is 0.148. The number of rotatable bonds is 6. The summed E-state index contributed by atoms with van der Waals surface area (Å²) >= 11 is 0. The standard InChI is InChI=1S/C27H26N4O4S/c1-16-14-18(3)25(19(4)15-16)35-27-21(12-13-22(29-27)20-9-6-5-8-17(20)2)26(32)31-36(33,34)24-11-7-10-23(28)30-24/h5-15H,1-4H3,(H2,28,30)(H,31,32). The van der Waals surface area contributed by atoms with Gasteiger partial charge in [0.2, 0.25) is 5.88 Å². The highest BCUT2D eigenvalue weighted by atomic mass is 32.2. The van der Waals surface area contributed by atoms with Crippen LogP contribution in [0, 0.1) is 27.7 Å². The van der Waals surface area contributed by atoms with E-state index >= 15 is 0 Å². The van der Waals surface area contributed by atoms with E-state index in [2.05, 4.69) is 9.97 Å². The van der Waals surface area contributed by atoms with Gasteiger partial charge in [0.25, 0.3) is 15.9 Å². The van der Waals surface area contributed by atoms with Gasteiger partial charge in [0.15, 0.2) is 5.03 Å². The van der Waals surface area contributed by atoms with E-state index in [0.29, 0.717) is 11.4 Å². The molecule has 1 amide bonds. The molecule has 0 atom stereocenters. The van der Waals surface area contributed by atoms with Crippen molar-refractivity contribution in [1.29, 1.82) is 0 Å². The van der Waals surface area contributed by atoms with E-state index in [0.717, 1.165) is 27.8 Å². The molecule has 4 aromatic rings. The lowest BCUT2D eigenvalue weighted by Crippen LogP contribution is -2.31. The highest BCUT2D eigenvalue weighted by Gasteiger charge is 2.25. The zero-order chi connectivity index (χ0) is 26.0. The number of aromatic nitrogens is 2. The number of hydrogen-bond acceptors (Lipinski definition) is 7. The highest BCUT2D eigenvalue weighted by Crippen LogP contribution is 2.33. The summed E-state index contributed by atoms with van der Waals surface area (Å²) < 4.78 is 33.8. The molecule has 4 rings (SSSR count). The van der Waals surface area contributed by atoms with Gasteiger partial charge in [-0.25, -0.2) is 14.7 Å². The third-order valence-electron chi connectivity index (χ3n) is 5.58. The Bertz CT molecular complexity index is 1560. The summed E-state index contributed by atoms with van der Waals surface area (Å²) in [6.45, 7) is 7.74. The Morgan fingerprint density at radius 1 is 0.861 bits per heavy atom. The number of nitrogen functional groups attached to an aromatic ring is 1. The van der Waals surface area contributed by atoms with Crippen molar-refractivity contribution < 1.29 is 17.9 Å². The van der Waals surface area contributed by atoms with Crippen LogP contribution < -0.4 is 15.2 Å². The molecular weight excluding hydrogens is 476 g/mol. The molecule has 2 aromatic heterocycles. The Hall–Kier alpha value is -4.24. The van der Waals surface area contributed by atoms with Gasteiger partial charge in [0.05, 0.1) is 5.69 Å². The first-order valence-electron chi connectivity index (χ1n) is 11.2. The number of aryl methyl sites for hydroxylation is 4. The highest BCUT2D eigenvalue weighted by molar-refractivity contribution is 7.90. The molecule has 0 aliphatic rings. The monoisotopic (exact) mass is 502 g/mol. The van der Waals surface area contributed by atoms with Crippen LogP contribution >= 0.6 is 0 Å². The lowest BCUT2D eigenvalue weighted by molar-refractivity contribution is 0.0978. The van der Waals surface area contributed by atoms with Gasteiger partial charge in [-0.2, -0.15) is 8.42 Å². The molecule has 36 heavy (non-hydrogen) atoms. The molecule has 2 heterocycles. The molecule has 0 unspecified atom stereocenters. The molecule has 0 saturated heterocycles. The van der Waals surface area contributed by atoms with Gasteiger partial charge in [0.1, 0.15) is 17.1 Å². The number of sulfonamides is 1. The smallest absolute Gasteiger partial charge is 0.281 e. The molecule has 0 spiro atoms. The topological polar surface area (TPSA) is 124 Å². The van der Waals surface area contributed by atoms with Crippen molar-refractivity contribution in [2.24, 2.45) is 0 Å². The van der Waals surface area contributed by atoms with Gasteiger partial charge in [-0.3, -0.25) is 4.79 Å². The molecule has 0 saturated carbocycles. The fourth-order valence-corrected chi connectivity index (χ4v) is 4.88. The normalized spacial score (nSPS) is 11.2. The first-order chi connectivity index (χ1) is 17.0. The van der Waals surface area contributed by atoms with Gasteiger partial charge in [0, 0.05) is 5.56 Å². The van der Waals surface area contributed by atoms with Crippen molar-refractivity contribution in [3.8, 4) is 22.9 Å². The number of benzene rings is 2. The maximum absolute atomic E-state index is 13.2. The lowest BCUT2D eigenvalue weighted by atomic mass is 10.0. The maximum Gasteiger partial charge on any atom is 0.281 e. The number of nitrogens with two attached hydrogens (primary N) is 1. The molecule has 2 aromatic carbocycles. The number of hydrogen-bond donors (Lipinski definition) is 2. The van der Waals surface area contributed by atoms with Crippen LogP contribution in [0.4, 0.5) is 5.82 Å². The van der Waals surface area contributed by atoms with Crippen LogP contribution in [0.1, 0.15) is 32.6 Å². The molecule has 0 fully saturated rings. The van der Waals surface area contributed by atoms with Crippen LogP contribution in [0.15, 0.2) is 71.8 Å². The van der Waals surface area contributed by atoms with Crippen molar-refractivity contribution in [3.05, 3.63) is 94.5 Å². The molecule has 3 N–H and O–H groups in total. The second-order valence-corrected chi connectivity index (χ2v) is 10.2. The predicted molar refractivity (Wildman–Crippen MR) is 138 cm³/mol. The third-order valence-corrected chi connectivity index (χ3v) is 6.81. The number of pyridine rings is 2. The van der Waals surface area contributed by atoms with Crippen molar-refractivity contribution in [1.82, 2.24) is 14.7 Å². The molecule has 0 aliphatic heterocycles. The molecule has 0 radical (unpaired) electrons. The van der Waals surface area contributed by atoms with Crippen LogP contribution in [-0.2, 0) is 10.0 Å². The number of anilines is 1. The van der Waals surface area contributed by atoms with E-state index in [1.165, 1.54) is 24.3 Å². The minimum Gasteiger partial charge on any atom is -0.438 e. The van der Waals surface area contributed by atoms with Crippen LogP contribution in [-0.4, -0.2) is 24.3 Å². The minimum atomic E-state index is -4.28. The fourth-order valence-electron chi connectivity index (χ4n) is 3.94. The minimum absolute atomic E-state index is 0.0148. The van der Waals surface area contributed by atoms with Gasteiger partial charge in [-0.05, 0) is 68.7 Å². The Kier molecular flexibility index (Phi) is 6.76. The van der Waals surface area contributed by atoms with E-state index < -0.39 is 15.9 Å². The SMILES string of the molecule is Cc1cc(C)c(Oc2nc(-c3ccccc3C)ccc2C(=O)NS(=O)(=O)c2cccc(N)n2)c(C)c1. The number of nitrogens with one attached hydrogen (secondary N) is 1. The van der Waals surface area contributed by atoms with E-state index in [9.17, 15) is 13.2 Å². The average molecular weight is 503 g/mol. The van der Waals surface area contributed by atoms with Gasteiger partial charge >= 0.3 is 0 Å². The first-order valence-corrected chi connectivity index (χ1v) is 12.7. The van der Waals surface area contributed by atoms with Crippen molar-refractivity contribution in [3.63, 3.8) is 0 Å². The van der Waals surface area contributed by atoms with Crippen molar-refractivity contribution >= 4 is 21.7 Å². The van der Waals surface area contributed by atoms with E-state index in [4.69, 9.17) is 10.5 Å². The number of carbonyl (C=O) groups excluding carboxylic acids is 1. The second kappa shape index (κ2) is 9.79. The predicted octanol–water partition coefficient (Wildman–Crippen LogP) is 4.87. The van der Waals surface area contributed by atoms with Gasteiger partial charge < -0.3 is 10.5 Å². The summed E-state index contributed by atoms with van der Waals surface area (Å²) in [5, 5.41) is -0.368. The maximum atomic E-state index is 13.2. The summed E-state index contributed by atoms with van der Waals surface area (Å²) in [4.78, 5) is 21.6. The summed E-state index contributed by atoms with van der Waals surface area (Å²) in [7, 11) is -4.28. The van der Waals surface area contributed by atoms with Crippen LogP contribution in [0.25, 0.3) is 11.3 Å². The zero-order valence-electron chi connectivity index (χ0n) is 20.4. The zero-order valence-corrected chi connectivity index (χ0v) is 21.2. The van der Waals surface area contributed by atoms with Gasteiger partial charge in [-0.15, -0.1) is 0 Å². The van der Waals surface area contributed by atoms with Crippen LogP contribution in [0.5, 0.6) is 11.6 Å². The summed E-state index contributed by atoms with van der Waals surface area (Å²) in [5.74, 6) is -0.354. The molecule has 9 heteroatoms. The van der Waals surface area contributed by atoms with Crippen molar-refractivity contribution in [2.75, 3.05) is 5.73 Å². The van der Waals surface area contributed by atoms with Crippen molar-refractivity contribution in [2.45, 2.75) is 32.7 Å². The van der Waals surface area contributed by atoms with E-state index in [-0.39, 0.29) is 22.3 Å². The number of carbonyl (C=O) groups is 1. The Morgan fingerprint density at radius 3 is 2.22 bits per heavy atom. The van der Waals surface area contributed by atoms with E-state index in [1.807, 2.05) is 68.8 Å². The molecule has 8 nitrogen and oxygen atoms in total. The second-order valence-electron chi connectivity index (χ2n) is 8.53. The van der Waals surface area contributed by atoms with Crippen LogP contribution in [0.3, 0.4) is 0 Å². The largest absolute Gasteiger partial charge is 0.438 e. The number of ether oxygens (including phenoxy) is 1. The summed E-state index contributed by atoms with van der Waals surface area (Å²) in [6.07, 6.45) is 0. The summed E-state index contributed by atoms with van der Waals surface area (Å²) in [6, 6.07) is 18.9. The molecule has 0 aliphatic carbocycles. The lowest BCUT2D eigenvalue weighted by Gasteiger charge is -2.16. The molecule has 0 bridgehead atoms.